The van der Waals surface area contributed by atoms with E-state index in [-0.39, 0.29) is 21.3 Å². The standard InChI is InChI=1S/C16H12BrF6NO2/c17-11-3-7(1-9(5-11)15(18,19)20)13(25)14(26)8-2-10(16(21,22)23)6-12(24)4-8/h1-6,13-14,25-26H,24H2. The van der Waals surface area contributed by atoms with Crippen LogP contribution in [-0.2, 0) is 12.4 Å². The summed E-state index contributed by atoms with van der Waals surface area (Å²) in [6.07, 6.45) is -13.3. The molecule has 2 unspecified atom stereocenters. The van der Waals surface area contributed by atoms with Crippen LogP contribution in [0.25, 0.3) is 0 Å². The Morgan fingerprint density at radius 1 is 0.731 bits per heavy atom. The number of aliphatic hydroxyl groups is 2. The molecular formula is C16H12BrF6NO2. The van der Waals surface area contributed by atoms with Crippen LogP contribution in [0, 0.1) is 0 Å². The molecule has 0 saturated carbocycles. The molecule has 142 valence electrons. The van der Waals surface area contributed by atoms with E-state index in [9.17, 15) is 36.6 Å². The number of rotatable bonds is 3. The summed E-state index contributed by atoms with van der Waals surface area (Å²) in [5.74, 6) is 0. The van der Waals surface area contributed by atoms with Gasteiger partial charge in [0, 0.05) is 10.2 Å². The van der Waals surface area contributed by atoms with Crippen molar-refractivity contribution < 1.29 is 36.6 Å². The highest BCUT2D eigenvalue weighted by Crippen LogP contribution is 2.38. The molecule has 0 bridgehead atoms. The molecule has 2 aromatic rings. The maximum absolute atomic E-state index is 12.9. The van der Waals surface area contributed by atoms with E-state index in [1.54, 1.807) is 0 Å². The van der Waals surface area contributed by atoms with Gasteiger partial charge < -0.3 is 15.9 Å². The highest BCUT2D eigenvalue weighted by Gasteiger charge is 2.34. The molecule has 0 heterocycles. The number of halogens is 7. The van der Waals surface area contributed by atoms with Crippen molar-refractivity contribution >= 4 is 21.6 Å². The summed E-state index contributed by atoms with van der Waals surface area (Å²) >= 11 is 2.87. The van der Waals surface area contributed by atoms with E-state index in [1.165, 1.54) is 0 Å². The second kappa shape index (κ2) is 7.09. The molecular weight excluding hydrogens is 432 g/mol. The number of hydrogen-bond acceptors (Lipinski definition) is 3. The molecule has 0 aliphatic carbocycles. The number of nitrogen functional groups attached to an aromatic ring is 1. The quantitative estimate of drug-likeness (QED) is 0.469. The Labute approximate surface area is 152 Å². The van der Waals surface area contributed by atoms with Gasteiger partial charge in [-0.25, -0.2) is 0 Å². The Bertz CT molecular complexity index is 739. The first-order chi connectivity index (χ1) is 11.8. The predicted octanol–water partition coefficient (Wildman–Crippen LogP) is 4.84. The number of hydrogen-bond donors (Lipinski definition) is 3. The van der Waals surface area contributed by atoms with Gasteiger partial charge in [0.05, 0.1) is 11.1 Å². The van der Waals surface area contributed by atoms with Gasteiger partial charge in [0.1, 0.15) is 12.2 Å². The van der Waals surface area contributed by atoms with Crippen molar-refractivity contribution in [3.05, 3.63) is 63.1 Å². The lowest BCUT2D eigenvalue weighted by atomic mass is 9.95. The first-order valence-electron chi connectivity index (χ1n) is 7.00. The van der Waals surface area contributed by atoms with Crippen LogP contribution >= 0.6 is 15.9 Å². The SMILES string of the molecule is Nc1cc(C(O)C(O)c2cc(Br)cc(C(F)(F)F)c2)cc(C(F)(F)F)c1. The van der Waals surface area contributed by atoms with Crippen molar-refractivity contribution in [1.29, 1.82) is 0 Å². The molecule has 26 heavy (non-hydrogen) atoms. The minimum atomic E-state index is -4.74. The third-order valence-electron chi connectivity index (χ3n) is 3.53. The van der Waals surface area contributed by atoms with E-state index < -0.39 is 35.7 Å². The summed E-state index contributed by atoms with van der Waals surface area (Å²) in [6, 6.07) is 4.72. The number of anilines is 1. The minimum Gasteiger partial charge on any atom is -0.399 e. The highest BCUT2D eigenvalue weighted by molar-refractivity contribution is 9.10. The lowest BCUT2D eigenvalue weighted by Crippen LogP contribution is -2.14. The molecule has 0 saturated heterocycles. The Kier molecular flexibility index (Phi) is 5.60. The lowest BCUT2D eigenvalue weighted by molar-refractivity contribution is -0.138. The Morgan fingerprint density at radius 2 is 1.15 bits per heavy atom. The van der Waals surface area contributed by atoms with Crippen LogP contribution in [0.5, 0.6) is 0 Å². The molecule has 0 radical (unpaired) electrons. The van der Waals surface area contributed by atoms with E-state index in [2.05, 4.69) is 15.9 Å². The van der Waals surface area contributed by atoms with Crippen molar-refractivity contribution in [1.82, 2.24) is 0 Å². The van der Waals surface area contributed by atoms with Gasteiger partial charge >= 0.3 is 12.4 Å². The summed E-state index contributed by atoms with van der Waals surface area (Å²) in [5, 5.41) is 20.4. The van der Waals surface area contributed by atoms with Gasteiger partial charge in [-0.1, -0.05) is 15.9 Å². The molecule has 4 N–H and O–H groups in total. The molecule has 0 amide bonds. The zero-order chi connectivity index (χ0) is 19.9. The molecule has 3 nitrogen and oxygen atoms in total. The van der Waals surface area contributed by atoms with Gasteiger partial charge in [0.25, 0.3) is 0 Å². The number of nitrogens with two attached hydrogens (primary N) is 1. The average Bonchev–Trinajstić information content (AvgIpc) is 2.50. The Morgan fingerprint density at radius 3 is 1.62 bits per heavy atom. The summed E-state index contributed by atoms with van der Waals surface area (Å²) in [4.78, 5) is 0. The fraction of sp³-hybridized carbons (Fsp3) is 0.250. The predicted molar refractivity (Wildman–Crippen MR) is 84.9 cm³/mol. The first kappa shape index (κ1) is 20.5. The van der Waals surface area contributed by atoms with Crippen LogP contribution in [0.4, 0.5) is 32.0 Å². The number of alkyl halides is 6. The normalized spacial score (nSPS) is 15.0. The number of benzene rings is 2. The molecule has 0 aromatic heterocycles. The zero-order valence-electron chi connectivity index (χ0n) is 12.7. The molecule has 0 aliphatic heterocycles. The third-order valence-corrected chi connectivity index (χ3v) is 3.99. The van der Waals surface area contributed by atoms with Crippen LogP contribution < -0.4 is 5.73 Å². The van der Waals surface area contributed by atoms with Gasteiger partial charge in [-0.2, -0.15) is 26.3 Å². The van der Waals surface area contributed by atoms with Gasteiger partial charge in [-0.15, -0.1) is 0 Å². The van der Waals surface area contributed by atoms with Gasteiger partial charge in [-0.05, 0) is 47.5 Å². The fourth-order valence-electron chi connectivity index (χ4n) is 2.32. The smallest absolute Gasteiger partial charge is 0.399 e. The van der Waals surface area contributed by atoms with E-state index >= 15 is 0 Å². The van der Waals surface area contributed by atoms with Crippen LogP contribution in [-0.4, -0.2) is 10.2 Å². The van der Waals surface area contributed by atoms with E-state index in [0.717, 1.165) is 18.2 Å². The van der Waals surface area contributed by atoms with Crippen LogP contribution in [0.15, 0.2) is 40.9 Å². The van der Waals surface area contributed by atoms with Crippen LogP contribution in [0.3, 0.4) is 0 Å². The second-order valence-corrected chi connectivity index (χ2v) is 6.46. The monoisotopic (exact) mass is 443 g/mol. The zero-order valence-corrected chi connectivity index (χ0v) is 14.3. The summed E-state index contributed by atoms with van der Waals surface area (Å²) < 4.78 is 77.1. The maximum atomic E-state index is 12.9. The van der Waals surface area contributed by atoms with Crippen molar-refractivity contribution in [3.8, 4) is 0 Å². The highest BCUT2D eigenvalue weighted by atomic mass is 79.9. The van der Waals surface area contributed by atoms with E-state index in [0.29, 0.717) is 18.2 Å². The van der Waals surface area contributed by atoms with Crippen molar-refractivity contribution in [2.45, 2.75) is 24.6 Å². The first-order valence-corrected chi connectivity index (χ1v) is 7.80. The van der Waals surface area contributed by atoms with Gasteiger partial charge in [0.15, 0.2) is 0 Å². The molecule has 0 fully saturated rings. The molecule has 2 rings (SSSR count). The third kappa shape index (κ3) is 4.68. The summed E-state index contributed by atoms with van der Waals surface area (Å²) in [7, 11) is 0. The van der Waals surface area contributed by atoms with Crippen LogP contribution in [0.1, 0.15) is 34.5 Å². The Hall–Kier alpha value is -1.78. The molecule has 2 atom stereocenters. The second-order valence-electron chi connectivity index (χ2n) is 5.55. The molecule has 0 spiro atoms. The van der Waals surface area contributed by atoms with E-state index in [1.807, 2.05) is 0 Å². The van der Waals surface area contributed by atoms with E-state index in [4.69, 9.17) is 5.73 Å². The van der Waals surface area contributed by atoms with Gasteiger partial charge in [0.2, 0.25) is 0 Å². The Balaban J connectivity index is 2.43. The van der Waals surface area contributed by atoms with Crippen molar-refractivity contribution in [2.24, 2.45) is 0 Å². The fourth-order valence-corrected chi connectivity index (χ4v) is 2.83. The summed E-state index contributed by atoms with van der Waals surface area (Å²) in [6.45, 7) is 0. The number of aliphatic hydroxyl groups excluding tert-OH is 2. The van der Waals surface area contributed by atoms with Gasteiger partial charge in [-0.3, -0.25) is 0 Å². The average molecular weight is 444 g/mol. The van der Waals surface area contributed by atoms with Crippen molar-refractivity contribution in [3.63, 3.8) is 0 Å². The minimum absolute atomic E-state index is 0.0165. The molecule has 10 heteroatoms. The molecule has 2 aromatic carbocycles. The largest absolute Gasteiger partial charge is 0.416 e. The lowest BCUT2D eigenvalue weighted by Gasteiger charge is -2.21. The van der Waals surface area contributed by atoms with Crippen LogP contribution in [0.2, 0.25) is 0 Å². The maximum Gasteiger partial charge on any atom is 0.416 e. The summed E-state index contributed by atoms with van der Waals surface area (Å²) in [5.41, 5.74) is 2.14. The molecule has 0 aliphatic rings. The van der Waals surface area contributed by atoms with Crippen molar-refractivity contribution in [2.75, 3.05) is 5.73 Å². The topological polar surface area (TPSA) is 66.5 Å².